The Hall–Kier alpha value is -0.560. The predicted octanol–water partition coefficient (Wildman–Crippen LogP) is 3.45. The lowest BCUT2D eigenvalue weighted by atomic mass is 9.72. The quantitative estimate of drug-likeness (QED) is 0.714. The molecule has 0 spiro atoms. The van der Waals surface area contributed by atoms with Crippen LogP contribution in [0, 0.1) is 5.41 Å². The molecule has 0 unspecified atom stereocenters. The smallest absolute Gasteiger partial charge is 0.0695 e. The van der Waals surface area contributed by atoms with Crippen LogP contribution in [0.2, 0.25) is 0 Å². The van der Waals surface area contributed by atoms with Crippen molar-refractivity contribution in [2.45, 2.75) is 53.1 Å². The van der Waals surface area contributed by atoms with E-state index >= 15 is 0 Å². The van der Waals surface area contributed by atoms with E-state index in [1.54, 1.807) is 6.92 Å². The van der Waals surface area contributed by atoms with Crippen molar-refractivity contribution in [3.05, 3.63) is 23.3 Å². The Morgan fingerprint density at radius 1 is 1.43 bits per heavy atom. The van der Waals surface area contributed by atoms with Gasteiger partial charge in [-0.1, -0.05) is 31.6 Å². The van der Waals surface area contributed by atoms with E-state index in [0.717, 1.165) is 0 Å². The normalized spacial score (nSPS) is 24.4. The molecule has 0 saturated heterocycles. The van der Waals surface area contributed by atoms with Crippen LogP contribution in [0.3, 0.4) is 0 Å². The summed E-state index contributed by atoms with van der Waals surface area (Å²) in [6.07, 6.45) is 7.41. The van der Waals surface area contributed by atoms with Gasteiger partial charge in [0.2, 0.25) is 0 Å². The monoisotopic (exact) mass is 194 g/mol. The summed E-state index contributed by atoms with van der Waals surface area (Å²) in [4.78, 5) is 0. The molecule has 1 aliphatic carbocycles. The molecular formula is C13H22O. The zero-order valence-electron chi connectivity index (χ0n) is 9.80. The van der Waals surface area contributed by atoms with Crippen molar-refractivity contribution in [3.8, 4) is 0 Å². The summed E-state index contributed by atoms with van der Waals surface area (Å²) in [7, 11) is 0. The maximum Gasteiger partial charge on any atom is 0.0695 e. The fraction of sp³-hybridized carbons (Fsp3) is 0.692. The van der Waals surface area contributed by atoms with Gasteiger partial charge in [0, 0.05) is 0 Å². The molecule has 0 aromatic heterocycles. The van der Waals surface area contributed by atoms with Gasteiger partial charge in [0.05, 0.1) is 6.10 Å². The van der Waals surface area contributed by atoms with Gasteiger partial charge in [-0.2, -0.15) is 0 Å². The molecule has 1 atom stereocenters. The maximum absolute atomic E-state index is 9.23. The Balaban J connectivity index is 2.91. The molecule has 0 aromatic carbocycles. The van der Waals surface area contributed by atoms with Gasteiger partial charge < -0.3 is 5.11 Å². The lowest BCUT2D eigenvalue weighted by Crippen LogP contribution is -2.19. The first-order valence-electron chi connectivity index (χ1n) is 5.50. The van der Waals surface area contributed by atoms with E-state index in [2.05, 4.69) is 26.8 Å². The topological polar surface area (TPSA) is 20.2 Å². The van der Waals surface area contributed by atoms with Crippen LogP contribution in [-0.4, -0.2) is 11.2 Å². The van der Waals surface area contributed by atoms with Crippen LogP contribution in [0.5, 0.6) is 0 Å². The first-order chi connectivity index (χ1) is 6.43. The lowest BCUT2D eigenvalue weighted by molar-refractivity contribution is 0.243. The molecule has 0 radical (unpaired) electrons. The highest BCUT2D eigenvalue weighted by atomic mass is 16.3. The molecule has 0 aromatic rings. The van der Waals surface area contributed by atoms with Crippen LogP contribution in [0.25, 0.3) is 0 Å². The molecule has 0 amide bonds. The van der Waals surface area contributed by atoms with Crippen molar-refractivity contribution >= 4 is 0 Å². The second kappa shape index (κ2) is 4.31. The largest absolute Gasteiger partial charge is 0.389 e. The van der Waals surface area contributed by atoms with E-state index in [1.807, 2.05) is 6.08 Å². The molecule has 1 heteroatoms. The van der Waals surface area contributed by atoms with Crippen LogP contribution in [0.15, 0.2) is 23.3 Å². The van der Waals surface area contributed by atoms with Crippen molar-refractivity contribution in [2.24, 2.45) is 5.41 Å². The minimum atomic E-state index is -0.340. The highest BCUT2D eigenvalue weighted by Gasteiger charge is 2.26. The van der Waals surface area contributed by atoms with Crippen molar-refractivity contribution < 1.29 is 5.11 Å². The average Bonchev–Trinajstić information content (AvgIpc) is 2.01. The van der Waals surface area contributed by atoms with Gasteiger partial charge in [-0.15, -0.1) is 0 Å². The van der Waals surface area contributed by atoms with Crippen LogP contribution in [0.4, 0.5) is 0 Å². The molecule has 14 heavy (non-hydrogen) atoms. The van der Waals surface area contributed by atoms with Gasteiger partial charge in [0.15, 0.2) is 0 Å². The number of aliphatic hydroxyl groups is 1. The zero-order chi connectivity index (χ0) is 10.8. The second-order valence-electron chi connectivity index (χ2n) is 5.03. The van der Waals surface area contributed by atoms with Gasteiger partial charge >= 0.3 is 0 Å². The van der Waals surface area contributed by atoms with E-state index in [4.69, 9.17) is 0 Å². The minimum Gasteiger partial charge on any atom is -0.389 e. The SMILES string of the molecule is CC1=C(/C=C\[C@H](C)O)C(C)(C)CCC1. The highest BCUT2D eigenvalue weighted by molar-refractivity contribution is 5.32. The molecule has 0 heterocycles. The van der Waals surface area contributed by atoms with Gasteiger partial charge in [0.1, 0.15) is 0 Å². The number of hydrogen-bond acceptors (Lipinski definition) is 1. The molecule has 1 N–H and O–H groups in total. The fourth-order valence-electron chi connectivity index (χ4n) is 2.25. The third-order valence-electron chi connectivity index (χ3n) is 3.08. The fourth-order valence-corrected chi connectivity index (χ4v) is 2.25. The predicted molar refractivity (Wildman–Crippen MR) is 61.2 cm³/mol. The maximum atomic E-state index is 9.23. The summed E-state index contributed by atoms with van der Waals surface area (Å²) in [5, 5.41) is 9.23. The Kier molecular flexibility index (Phi) is 3.54. The molecule has 80 valence electrons. The molecule has 0 fully saturated rings. The standard InChI is InChI=1S/C13H22O/c1-10-6-5-9-13(3,4)12(10)8-7-11(2)14/h7-8,11,14H,5-6,9H2,1-4H3/b8-7-/t11-/m0/s1. The Morgan fingerprint density at radius 3 is 2.57 bits per heavy atom. The van der Waals surface area contributed by atoms with Gasteiger partial charge in [-0.25, -0.2) is 0 Å². The van der Waals surface area contributed by atoms with Gasteiger partial charge in [0.25, 0.3) is 0 Å². The average molecular weight is 194 g/mol. The molecule has 1 rings (SSSR count). The van der Waals surface area contributed by atoms with E-state index in [-0.39, 0.29) is 11.5 Å². The van der Waals surface area contributed by atoms with Gasteiger partial charge in [-0.05, 0) is 44.1 Å². The number of hydrogen-bond donors (Lipinski definition) is 1. The summed E-state index contributed by atoms with van der Waals surface area (Å²) in [6.45, 7) is 8.58. The van der Waals surface area contributed by atoms with Gasteiger partial charge in [-0.3, -0.25) is 0 Å². The van der Waals surface area contributed by atoms with Crippen LogP contribution >= 0.6 is 0 Å². The van der Waals surface area contributed by atoms with Crippen LogP contribution in [0.1, 0.15) is 47.0 Å². The summed E-state index contributed by atoms with van der Waals surface area (Å²) < 4.78 is 0. The third-order valence-corrected chi connectivity index (χ3v) is 3.08. The van der Waals surface area contributed by atoms with E-state index < -0.39 is 0 Å². The van der Waals surface area contributed by atoms with Crippen LogP contribution in [-0.2, 0) is 0 Å². The first-order valence-corrected chi connectivity index (χ1v) is 5.50. The Morgan fingerprint density at radius 2 is 2.07 bits per heavy atom. The molecular weight excluding hydrogens is 172 g/mol. The van der Waals surface area contributed by atoms with E-state index in [9.17, 15) is 5.11 Å². The van der Waals surface area contributed by atoms with Crippen molar-refractivity contribution in [3.63, 3.8) is 0 Å². The van der Waals surface area contributed by atoms with Crippen molar-refractivity contribution in [2.75, 3.05) is 0 Å². The minimum absolute atomic E-state index is 0.285. The van der Waals surface area contributed by atoms with Crippen molar-refractivity contribution in [1.82, 2.24) is 0 Å². The van der Waals surface area contributed by atoms with E-state index in [1.165, 1.54) is 30.4 Å². The number of aliphatic hydroxyl groups excluding tert-OH is 1. The second-order valence-corrected chi connectivity index (χ2v) is 5.03. The zero-order valence-corrected chi connectivity index (χ0v) is 9.80. The van der Waals surface area contributed by atoms with E-state index in [0.29, 0.717) is 0 Å². The Labute approximate surface area is 87.5 Å². The molecule has 1 aliphatic rings. The summed E-state index contributed by atoms with van der Waals surface area (Å²) in [6, 6.07) is 0. The summed E-state index contributed by atoms with van der Waals surface area (Å²) >= 11 is 0. The molecule has 1 nitrogen and oxygen atoms in total. The first kappa shape index (κ1) is 11.5. The lowest BCUT2D eigenvalue weighted by Gasteiger charge is -2.33. The molecule has 0 saturated carbocycles. The Bertz CT molecular complexity index is 256. The summed E-state index contributed by atoms with van der Waals surface area (Å²) in [5.41, 5.74) is 3.19. The number of allylic oxidation sites excluding steroid dienone is 3. The van der Waals surface area contributed by atoms with Crippen LogP contribution < -0.4 is 0 Å². The van der Waals surface area contributed by atoms with Crippen molar-refractivity contribution in [1.29, 1.82) is 0 Å². The molecule has 0 aliphatic heterocycles. The molecule has 0 bridgehead atoms. The highest BCUT2D eigenvalue weighted by Crippen LogP contribution is 2.40. The number of rotatable bonds is 2. The third kappa shape index (κ3) is 2.71. The summed E-state index contributed by atoms with van der Waals surface area (Å²) in [5.74, 6) is 0.